The first kappa shape index (κ1) is 18.3. The minimum Gasteiger partial charge on any atom is -0.356 e. The number of halogens is 1. The lowest BCUT2D eigenvalue weighted by Crippen LogP contribution is -2.39. The maximum atomic E-state index is 4.30. The molecular weight excluding hydrogens is 373 g/mol. The summed E-state index contributed by atoms with van der Waals surface area (Å²) < 4.78 is 0. The maximum Gasteiger partial charge on any atom is 0.191 e. The van der Waals surface area contributed by atoms with E-state index in [0.717, 1.165) is 24.8 Å². The molecule has 1 aromatic carbocycles. The number of hydrogen-bond donors (Lipinski definition) is 2. The van der Waals surface area contributed by atoms with Crippen LogP contribution >= 0.6 is 24.0 Å². The van der Waals surface area contributed by atoms with Crippen LogP contribution in [0.25, 0.3) is 0 Å². The molecule has 1 saturated carbocycles. The fourth-order valence-electron chi connectivity index (χ4n) is 2.33. The molecule has 0 bridgehead atoms. The Hall–Kier alpha value is -0.780. The van der Waals surface area contributed by atoms with E-state index in [1.165, 1.54) is 30.4 Å². The Bertz CT molecular complexity index is 438. The highest BCUT2D eigenvalue weighted by Gasteiger charge is 2.20. The molecule has 1 aliphatic rings. The summed E-state index contributed by atoms with van der Waals surface area (Å²) in [6, 6.07) is 9.09. The Balaban J connectivity index is 0.00000220. The predicted octanol–water partition coefficient (Wildman–Crippen LogP) is 3.89. The highest BCUT2D eigenvalue weighted by Crippen LogP contribution is 2.31. The lowest BCUT2D eigenvalue weighted by molar-refractivity contribution is 0.653. The number of hydrogen-bond acceptors (Lipinski definition) is 1. The minimum absolute atomic E-state index is 0. The maximum absolute atomic E-state index is 4.30. The second kappa shape index (κ2) is 9.28. The van der Waals surface area contributed by atoms with Crippen molar-refractivity contribution < 1.29 is 0 Å². The molecule has 0 aromatic heterocycles. The Kier molecular flexibility index (Phi) is 8.07. The Morgan fingerprint density at radius 1 is 1.29 bits per heavy atom. The first-order chi connectivity index (χ1) is 9.72. The Labute approximate surface area is 146 Å². The van der Waals surface area contributed by atoms with Gasteiger partial charge in [0.15, 0.2) is 5.96 Å². The molecule has 118 valence electrons. The van der Waals surface area contributed by atoms with Crippen molar-refractivity contribution in [3.63, 3.8) is 0 Å². The topological polar surface area (TPSA) is 36.4 Å². The van der Waals surface area contributed by atoms with Gasteiger partial charge in [0.05, 0.1) is 6.04 Å². The zero-order chi connectivity index (χ0) is 14.4. The van der Waals surface area contributed by atoms with Crippen molar-refractivity contribution in [3.8, 4) is 0 Å². The number of aliphatic imine (C=N–C) groups is 1. The zero-order valence-corrected chi connectivity index (χ0v) is 15.7. The standard InChI is InChI=1S/C17H27N3.HI/c1-4-14-7-9-16(10-8-14)13(2)20-17(18-3)19-12-11-15-5-6-15;/h7-10,13,15H,4-6,11-12H2,1-3H3,(H2,18,19,20);1H. The van der Waals surface area contributed by atoms with Crippen LogP contribution in [0.2, 0.25) is 0 Å². The third kappa shape index (κ3) is 6.24. The summed E-state index contributed by atoms with van der Waals surface area (Å²) in [6.07, 6.45) is 5.18. The third-order valence-electron chi connectivity index (χ3n) is 4.01. The first-order valence-electron chi connectivity index (χ1n) is 7.79. The largest absolute Gasteiger partial charge is 0.356 e. The van der Waals surface area contributed by atoms with Crippen molar-refractivity contribution in [2.75, 3.05) is 13.6 Å². The molecule has 3 nitrogen and oxygen atoms in total. The molecule has 0 amide bonds. The SMILES string of the molecule is CCc1ccc(C(C)NC(=NC)NCCC2CC2)cc1.I. The average molecular weight is 401 g/mol. The summed E-state index contributed by atoms with van der Waals surface area (Å²) in [7, 11) is 1.83. The first-order valence-corrected chi connectivity index (χ1v) is 7.79. The quantitative estimate of drug-likeness (QED) is 0.431. The Morgan fingerprint density at radius 3 is 2.48 bits per heavy atom. The molecule has 0 saturated heterocycles. The highest BCUT2D eigenvalue weighted by molar-refractivity contribution is 14.0. The van der Waals surface area contributed by atoms with Crippen molar-refractivity contribution in [2.24, 2.45) is 10.9 Å². The van der Waals surface area contributed by atoms with E-state index >= 15 is 0 Å². The highest BCUT2D eigenvalue weighted by atomic mass is 127. The van der Waals surface area contributed by atoms with Crippen molar-refractivity contribution >= 4 is 29.9 Å². The van der Waals surface area contributed by atoms with E-state index in [9.17, 15) is 0 Å². The summed E-state index contributed by atoms with van der Waals surface area (Å²) in [6.45, 7) is 5.38. The molecule has 0 heterocycles. The van der Waals surface area contributed by atoms with E-state index in [1.807, 2.05) is 7.05 Å². The molecule has 0 radical (unpaired) electrons. The van der Waals surface area contributed by atoms with Crippen LogP contribution < -0.4 is 10.6 Å². The Morgan fingerprint density at radius 2 is 1.95 bits per heavy atom. The van der Waals surface area contributed by atoms with E-state index in [0.29, 0.717) is 0 Å². The van der Waals surface area contributed by atoms with Crippen LogP contribution in [0.15, 0.2) is 29.3 Å². The number of benzene rings is 1. The number of nitrogens with zero attached hydrogens (tertiary/aromatic N) is 1. The predicted molar refractivity (Wildman–Crippen MR) is 101 cm³/mol. The number of aryl methyl sites for hydroxylation is 1. The molecule has 0 aliphatic heterocycles. The van der Waals surface area contributed by atoms with Crippen LogP contribution in [-0.2, 0) is 6.42 Å². The summed E-state index contributed by atoms with van der Waals surface area (Å²) in [5.74, 6) is 1.86. The molecule has 1 aliphatic carbocycles. The van der Waals surface area contributed by atoms with Gasteiger partial charge in [-0.3, -0.25) is 4.99 Å². The van der Waals surface area contributed by atoms with Gasteiger partial charge >= 0.3 is 0 Å². The van der Waals surface area contributed by atoms with Gasteiger partial charge in [0.25, 0.3) is 0 Å². The zero-order valence-electron chi connectivity index (χ0n) is 13.4. The molecular formula is C17H28IN3. The van der Waals surface area contributed by atoms with E-state index in [4.69, 9.17) is 0 Å². The van der Waals surface area contributed by atoms with Crippen molar-refractivity contribution in [2.45, 2.75) is 45.6 Å². The molecule has 2 rings (SSSR count). The van der Waals surface area contributed by atoms with Gasteiger partial charge in [-0.2, -0.15) is 0 Å². The van der Waals surface area contributed by atoms with Gasteiger partial charge in [0.2, 0.25) is 0 Å². The van der Waals surface area contributed by atoms with Crippen molar-refractivity contribution in [3.05, 3.63) is 35.4 Å². The van der Waals surface area contributed by atoms with Crippen LogP contribution in [0.4, 0.5) is 0 Å². The van der Waals surface area contributed by atoms with Crippen LogP contribution in [0.1, 0.15) is 50.3 Å². The molecule has 2 N–H and O–H groups in total. The van der Waals surface area contributed by atoms with E-state index in [1.54, 1.807) is 0 Å². The monoisotopic (exact) mass is 401 g/mol. The summed E-state index contributed by atoms with van der Waals surface area (Å²) in [5, 5.41) is 6.86. The van der Waals surface area contributed by atoms with E-state index in [-0.39, 0.29) is 30.0 Å². The number of rotatable bonds is 6. The lowest BCUT2D eigenvalue weighted by Gasteiger charge is -2.18. The van der Waals surface area contributed by atoms with Crippen LogP contribution in [-0.4, -0.2) is 19.6 Å². The summed E-state index contributed by atoms with van der Waals surface area (Å²) in [5.41, 5.74) is 2.68. The molecule has 1 unspecified atom stereocenters. The van der Waals surface area contributed by atoms with Crippen LogP contribution in [0.3, 0.4) is 0 Å². The van der Waals surface area contributed by atoms with Crippen molar-refractivity contribution in [1.29, 1.82) is 0 Å². The van der Waals surface area contributed by atoms with Crippen LogP contribution in [0.5, 0.6) is 0 Å². The molecule has 1 atom stereocenters. The van der Waals surface area contributed by atoms with Gasteiger partial charge in [-0.1, -0.05) is 44.0 Å². The summed E-state index contributed by atoms with van der Waals surface area (Å²) in [4.78, 5) is 4.30. The van der Waals surface area contributed by atoms with Crippen molar-refractivity contribution in [1.82, 2.24) is 10.6 Å². The van der Waals surface area contributed by atoms with Gasteiger partial charge in [0.1, 0.15) is 0 Å². The number of guanidine groups is 1. The normalized spacial score (nSPS) is 16.0. The molecule has 1 aromatic rings. The average Bonchev–Trinajstić information content (AvgIpc) is 3.30. The fourth-order valence-corrected chi connectivity index (χ4v) is 2.33. The van der Waals surface area contributed by atoms with Gasteiger partial charge in [-0.25, -0.2) is 0 Å². The third-order valence-corrected chi connectivity index (χ3v) is 4.01. The molecule has 21 heavy (non-hydrogen) atoms. The van der Waals surface area contributed by atoms with Gasteiger partial charge in [0, 0.05) is 13.6 Å². The lowest BCUT2D eigenvalue weighted by atomic mass is 10.1. The summed E-state index contributed by atoms with van der Waals surface area (Å²) >= 11 is 0. The smallest absolute Gasteiger partial charge is 0.191 e. The number of nitrogens with one attached hydrogen (secondary N) is 2. The van der Waals surface area contributed by atoms with Crippen LogP contribution in [0, 0.1) is 5.92 Å². The molecule has 4 heteroatoms. The minimum atomic E-state index is 0. The van der Waals surface area contributed by atoms with E-state index in [2.05, 4.69) is 53.7 Å². The molecule has 1 fully saturated rings. The van der Waals surface area contributed by atoms with Gasteiger partial charge < -0.3 is 10.6 Å². The van der Waals surface area contributed by atoms with Gasteiger partial charge in [-0.05, 0) is 36.8 Å². The fraction of sp³-hybridized carbons (Fsp3) is 0.588. The van der Waals surface area contributed by atoms with Gasteiger partial charge in [-0.15, -0.1) is 24.0 Å². The second-order valence-corrected chi connectivity index (χ2v) is 5.69. The van der Waals surface area contributed by atoms with E-state index < -0.39 is 0 Å². The molecule has 0 spiro atoms. The second-order valence-electron chi connectivity index (χ2n) is 5.69.